The number of carboxylic acids is 1. The molecular formula is C25H31N3O4. The number of nitrogens with zero attached hydrogens (tertiary/aromatic N) is 1. The Morgan fingerprint density at radius 2 is 1.53 bits per heavy atom. The van der Waals surface area contributed by atoms with Gasteiger partial charge in [-0.05, 0) is 30.4 Å². The lowest BCUT2D eigenvalue weighted by Gasteiger charge is -2.33. The third-order valence-electron chi connectivity index (χ3n) is 5.69. The molecule has 1 atom stereocenters. The first-order valence-electron chi connectivity index (χ1n) is 11.1. The summed E-state index contributed by atoms with van der Waals surface area (Å²) in [5.41, 5.74) is 2.11. The molecule has 3 rings (SSSR count). The molecule has 7 heteroatoms. The molecule has 0 radical (unpaired) electrons. The smallest absolute Gasteiger partial charge is 0.303 e. The van der Waals surface area contributed by atoms with Crippen LogP contribution in [0.4, 0.5) is 0 Å². The summed E-state index contributed by atoms with van der Waals surface area (Å²) in [6.07, 6.45) is 1.67. The molecule has 0 saturated carbocycles. The number of likely N-dealkylation sites (tertiary alicyclic amines) is 1. The second-order valence-corrected chi connectivity index (χ2v) is 8.26. The van der Waals surface area contributed by atoms with Gasteiger partial charge in [-0.25, -0.2) is 0 Å². The quantitative estimate of drug-likeness (QED) is 0.530. The van der Waals surface area contributed by atoms with E-state index in [1.165, 1.54) is 5.56 Å². The highest BCUT2D eigenvalue weighted by molar-refractivity contribution is 5.88. The molecule has 2 aromatic carbocycles. The van der Waals surface area contributed by atoms with Crippen molar-refractivity contribution in [1.82, 2.24) is 15.5 Å². The zero-order valence-electron chi connectivity index (χ0n) is 18.2. The maximum absolute atomic E-state index is 12.9. The van der Waals surface area contributed by atoms with Crippen molar-refractivity contribution in [2.45, 2.75) is 50.7 Å². The van der Waals surface area contributed by atoms with Crippen LogP contribution in [0.2, 0.25) is 0 Å². The molecule has 2 amide bonds. The molecule has 3 N–H and O–H groups in total. The predicted octanol–water partition coefficient (Wildman–Crippen LogP) is 2.36. The largest absolute Gasteiger partial charge is 0.481 e. The zero-order chi connectivity index (χ0) is 22.8. The molecule has 0 aliphatic carbocycles. The number of hydrogen-bond acceptors (Lipinski definition) is 4. The average molecular weight is 438 g/mol. The van der Waals surface area contributed by atoms with E-state index in [9.17, 15) is 14.4 Å². The lowest BCUT2D eigenvalue weighted by atomic mass is 10.0. The van der Waals surface area contributed by atoms with Crippen LogP contribution in [0.5, 0.6) is 0 Å². The van der Waals surface area contributed by atoms with Crippen LogP contribution in [0.1, 0.15) is 36.8 Å². The van der Waals surface area contributed by atoms with E-state index >= 15 is 0 Å². The van der Waals surface area contributed by atoms with E-state index in [0.717, 1.165) is 38.0 Å². The average Bonchev–Trinajstić information content (AvgIpc) is 2.79. The van der Waals surface area contributed by atoms with Gasteiger partial charge in [-0.2, -0.15) is 0 Å². The first kappa shape index (κ1) is 23.5. The fourth-order valence-electron chi connectivity index (χ4n) is 3.94. The molecule has 1 heterocycles. The van der Waals surface area contributed by atoms with Crippen molar-refractivity contribution in [3.63, 3.8) is 0 Å². The van der Waals surface area contributed by atoms with Crippen LogP contribution in [0.25, 0.3) is 0 Å². The molecule has 2 aromatic rings. The second-order valence-electron chi connectivity index (χ2n) is 8.26. The summed E-state index contributed by atoms with van der Waals surface area (Å²) in [4.78, 5) is 38.7. The van der Waals surface area contributed by atoms with Crippen LogP contribution in [0.15, 0.2) is 60.7 Å². The maximum atomic E-state index is 12.9. The summed E-state index contributed by atoms with van der Waals surface area (Å²) >= 11 is 0. The van der Waals surface area contributed by atoms with Crippen molar-refractivity contribution in [2.75, 3.05) is 13.1 Å². The number of aliphatic carboxylic acids is 1. The number of nitrogens with one attached hydrogen (secondary N) is 2. The Morgan fingerprint density at radius 1 is 0.938 bits per heavy atom. The van der Waals surface area contributed by atoms with Gasteiger partial charge in [0.05, 0.1) is 6.42 Å². The third-order valence-corrected chi connectivity index (χ3v) is 5.69. The Kier molecular flexibility index (Phi) is 8.80. The molecule has 1 aliphatic heterocycles. The van der Waals surface area contributed by atoms with Crippen molar-refractivity contribution in [3.05, 3.63) is 71.8 Å². The van der Waals surface area contributed by atoms with Gasteiger partial charge in [0.25, 0.3) is 0 Å². The van der Waals surface area contributed by atoms with E-state index in [-0.39, 0.29) is 37.1 Å². The van der Waals surface area contributed by atoms with E-state index < -0.39 is 12.0 Å². The van der Waals surface area contributed by atoms with Crippen molar-refractivity contribution in [2.24, 2.45) is 0 Å². The predicted molar refractivity (Wildman–Crippen MR) is 122 cm³/mol. The Balaban J connectivity index is 1.49. The van der Waals surface area contributed by atoms with E-state index in [0.29, 0.717) is 0 Å². The Morgan fingerprint density at radius 3 is 2.12 bits per heavy atom. The first-order chi connectivity index (χ1) is 15.5. The minimum Gasteiger partial charge on any atom is -0.481 e. The fourth-order valence-corrected chi connectivity index (χ4v) is 3.94. The van der Waals surface area contributed by atoms with Gasteiger partial charge < -0.3 is 15.7 Å². The van der Waals surface area contributed by atoms with E-state index in [1.54, 1.807) is 0 Å². The monoisotopic (exact) mass is 437 g/mol. The highest BCUT2D eigenvalue weighted by atomic mass is 16.4. The number of benzene rings is 2. The normalized spacial score (nSPS) is 15.6. The molecule has 0 aromatic heterocycles. The van der Waals surface area contributed by atoms with Crippen molar-refractivity contribution in [1.29, 1.82) is 0 Å². The SMILES string of the molecule is O=C(O)CCC(NC(=O)Cc1ccccc1)C(=O)NC1CCN(Cc2ccccc2)CC1. The first-order valence-corrected chi connectivity index (χ1v) is 11.1. The number of amides is 2. The van der Waals surface area contributed by atoms with Gasteiger partial charge >= 0.3 is 5.97 Å². The van der Waals surface area contributed by atoms with Gasteiger partial charge in [-0.15, -0.1) is 0 Å². The number of carbonyl (C=O) groups excluding carboxylic acids is 2. The van der Waals surface area contributed by atoms with Gasteiger partial charge in [0.1, 0.15) is 6.04 Å². The zero-order valence-corrected chi connectivity index (χ0v) is 18.2. The summed E-state index contributed by atoms with van der Waals surface area (Å²) in [6, 6.07) is 18.7. The molecule has 0 spiro atoms. The van der Waals surface area contributed by atoms with Gasteiger partial charge in [0, 0.05) is 32.1 Å². The number of hydrogen-bond donors (Lipinski definition) is 3. The van der Waals surface area contributed by atoms with Gasteiger partial charge in [0.2, 0.25) is 11.8 Å². The highest BCUT2D eigenvalue weighted by Crippen LogP contribution is 2.14. The van der Waals surface area contributed by atoms with Crippen LogP contribution >= 0.6 is 0 Å². The fraction of sp³-hybridized carbons (Fsp3) is 0.400. The molecule has 1 unspecified atom stereocenters. The molecular weight excluding hydrogens is 406 g/mol. The lowest BCUT2D eigenvalue weighted by Crippen LogP contribution is -2.52. The number of rotatable bonds is 10. The third kappa shape index (κ3) is 7.81. The molecule has 1 aliphatic rings. The minimum absolute atomic E-state index is 0.0212. The molecule has 1 saturated heterocycles. The Bertz CT molecular complexity index is 881. The van der Waals surface area contributed by atoms with Crippen molar-refractivity contribution < 1.29 is 19.5 Å². The Hall–Kier alpha value is -3.19. The standard InChI is InChI=1S/C25H31N3O4/c29-23(17-19-7-3-1-4-8-19)27-22(11-12-24(30)31)25(32)26-21-13-15-28(16-14-21)18-20-9-5-2-6-10-20/h1-10,21-22H,11-18H2,(H,26,32)(H,27,29)(H,30,31). The van der Waals surface area contributed by atoms with Crippen LogP contribution < -0.4 is 10.6 Å². The summed E-state index contributed by atoms with van der Waals surface area (Å²) in [6.45, 7) is 2.64. The topological polar surface area (TPSA) is 98.7 Å². The van der Waals surface area contributed by atoms with E-state index in [1.807, 2.05) is 48.5 Å². The molecule has 170 valence electrons. The van der Waals surface area contributed by atoms with Crippen molar-refractivity contribution in [3.8, 4) is 0 Å². The molecule has 32 heavy (non-hydrogen) atoms. The maximum Gasteiger partial charge on any atom is 0.303 e. The van der Waals surface area contributed by atoms with Crippen LogP contribution in [-0.4, -0.2) is 53.0 Å². The van der Waals surface area contributed by atoms with Gasteiger partial charge in [0.15, 0.2) is 0 Å². The van der Waals surface area contributed by atoms with Crippen molar-refractivity contribution >= 4 is 17.8 Å². The van der Waals surface area contributed by atoms with Crippen LogP contribution in [0, 0.1) is 0 Å². The van der Waals surface area contributed by atoms with Gasteiger partial charge in [-0.1, -0.05) is 60.7 Å². The molecule has 1 fully saturated rings. The lowest BCUT2D eigenvalue weighted by molar-refractivity contribution is -0.138. The summed E-state index contributed by atoms with van der Waals surface area (Å²) in [5.74, 6) is -1.59. The van der Waals surface area contributed by atoms with E-state index in [2.05, 4.69) is 27.7 Å². The van der Waals surface area contributed by atoms with E-state index in [4.69, 9.17) is 5.11 Å². The summed E-state index contributed by atoms with van der Waals surface area (Å²) < 4.78 is 0. The molecule has 7 nitrogen and oxygen atoms in total. The number of piperidine rings is 1. The number of carbonyl (C=O) groups is 3. The van der Waals surface area contributed by atoms with Gasteiger partial charge in [-0.3, -0.25) is 19.3 Å². The molecule has 0 bridgehead atoms. The summed E-state index contributed by atoms with van der Waals surface area (Å²) in [7, 11) is 0. The van der Waals surface area contributed by atoms with Crippen LogP contribution in [0.3, 0.4) is 0 Å². The number of carboxylic acid groups (broad SMARTS) is 1. The Labute approximate surface area is 188 Å². The van der Waals surface area contributed by atoms with Crippen LogP contribution in [-0.2, 0) is 27.3 Å². The highest BCUT2D eigenvalue weighted by Gasteiger charge is 2.26. The minimum atomic E-state index is -0.991. The second kappa shape index (κ2) is 12.0. The summed E-state index contributed by atoms with van der Waals surface area (Å²) in [5, 5.41) is 14.8.